The normalized spacial score (nSPS) is 9.74. The van der Waals surface area contributed by atoms with E-state index in [1.54, 1.807) is 6.07 Å². The first-order valence-corrected chi connectivity index (χ1v) is 5.56. The van der Waals surface area contributed by atoms with Crippen LogP contribution >= 0.6 is 0 Å². The van der Waals surface area contributed by atoms with Gasteiger partial charge in [0.2, 0.25) is 0 Å². The number of hydrogen-bond acceptors (Lipinski definition) is 6. The first-order valence-electron chi connectivity index (χ1n) is 5.56. The van der Waals surface area contributed by atoms with E-state index < -0.39 is 11.9 Å². The van der Waals surface area contributed by atoms with E-state index in [0.29, 0.717) is 5.69 Å². The SMILES string of the molecule is C=C(C)C(=O)OCCOC(=O)c1ccc(N)cc1N. The Morgan fingerprint density at radius 3 is 2.42 bits per heavy atom. The molecule has 0 unspecified atom stereocenters. The van der Waals surface area contributed by atoms with Gasteiger partial charge < -0.3 is 20.9 Å². The van der Waals surface area contributed by atoms with Crippen LogP contribution in [0.3, 0.4) is 0 Å². The second kappa shape index (κ2) is 6.44. The summed E-state index contributed by atoms with van der Waals surface area (Å²) in [6, 6.07) is 4.50. The molecule has 19 heavy (non-hydrogen) atoms. The zero-order valence-electron chi connectivity index (χ0n) is 10.6. The maximum Gasteiger partial charge on any atom is 0.340 e. The van der Waals surface area contributed by atoms with E-state index in [9.17, 15) is 9.59 Å². The summed E-state index contributed by atoms with van der Waals surface area (Å²) in [5.74, 6) is -1.12. The molecular weight excluding hydrogens is 248 g/mol. The molecule has 0 saturated heterocycles. The van der Waals surface area contributed by atoms with Gasteiger partial charge in [0.25, 0.3) is 0 Å². The molecule has 0 saturated carbocycles. The highest BCUT2D eigenvalue weighted by Gasteiger charge is 2.11. The van der Waals surface area contributed by atoms with Crippen LogP contribution in [-0.2, 0) is 14.3 Å². The van der Waals surface area contributed by atoms with Crippen molar-refractivity contribution in [1.29, 1.82) is 0 Å². The summed E-state index contributed by atoms with van der Waals surface area (Å²) < 4.78 is 9.68. The topological polar surface area (TPSA) is 105 Å². The minimum atomic E-state index is -0.594. The summed E-state index contributed by atoms with van der Waals surface area (Å²) >= 11 is 0. The number of carbonyl (C=O) groups excluding carboxylic acids is 2. The molecule has 102 valence electrons. The van der Waals surface area contributed by atoms with Crippen LogP contribution in [0.5, 0.6) is 0 Å². The molecule has 6 heteroatoms. The van der Waals surface area contributed by atoms with Crippen molar-refractivity contribution >= 4 is 23.3 Å². The fourth-order valence-electron chi connectivity index (χ4n) is 1.24. The zero-order valence-corrected chi connectivity index (χ0v) is 10.6. The van der Waals surface area contributed by atoms with Crippen molar-refractivity contribution < 1.29 is 19.1 Å². The molecule has 0 radical (unpaired) electrons. The Morgan fingerprint density at radius 2 is 1.84 bits per heavy atom. The number of nitrogen functional groups attached to an aromatic ring is 2. The highest BCUT2D eigenvalue weighted by molar-refractivity contribution is 5.95. The summed E-state index contributed by atoms with van der Waals surface area (Å²) in [5.41, 5.74) is 12.4. The summed E-state index contributed by atoms with van der Waals surface area (Å²) in [6.45, 7) is 4.87. The fourth-order valence-corrected chi connectivity index (χ4v) is 1.24. The summed E-state index contributed by atoms with van der Waals surface area (Å²) in [5, 5.41) is 0. The van der Waals surface area contributed by atoms with Crippen molar-refractivity contribution in [3.63, 3.8) is 0 Å². The molecule has 0 aliphatic carbocycles. The van der Waals surface area contributed by atoms with E-state index in [0.717, 1.165) is 0 Å². The van der Waals surface area contributed by atoms with Crippen molar-refractivity contribution in [3.8, 4) is 0 Å². The van der Waals surface area contributed by atoms with E-state index in [-0.39, 0.29) is 30.0 Å². The monoisotopic (exact) mass is 264 g/mol. The van der Waals surface area contributed by atoms with Crippen molar-refractivity contribution in [2.75, 3.05) is 24.7 Å². The third kappa shape index (κ3) is 4.34. The van der Waals surface area contributed by atoms with Gasteiger partial charge in [0.05, 0.1) is 5.56 Å². The molecule has 0 heterocycles. The molecule has 0 atom stereocenters. The quantitative estimate of drug-likeness (QED) is 0.357. The number of carbonyl (C=O) groups is 2. The summed E-state index contributed by atoms with van der Waals surface area (Å²) in [7, 11) is 0. The van der Waals surface area contributed by atoms with E-state index in [1.165, 1.54) is 19.1 Å². The van der Waals surface area contributed by atoms with Crippen molar-refractivity contribution in [3.05, 3.63) is 35.9 Å². The third-order valence-electron chi connectivity index (χ3n) is 2.19. The fraction of sp³-hybridized carbons (Fsp3) is 0.231. The van der Waals surface area contributed by atoms with E-state index in [1.807, 2.05) is 0 Å². The lowest BCUT2D eigenvalue weighted by molar-refractivity contribution is -0.140. The number of hydrogen-bond donors (Lipinski definition) is 2. The van der Waals surface area contributed by atoms with Gasteiger partial charge in [0.1, 0.15) is 13.2 Å². The highest BCUT2D eigenvalue weighted by Crippen LogP contribution is 2.16. The Labute approximate surface area is 111 Å². The lowest BCUT2D eigenvalue weighted by atomic mass is 10.1. The molecule has 0 amide bonds. The summed E-state index contributed by atoms with van der Waals surface area (Å²) in [4.78, 5) is 22.7. The lowest BCUT2D eigenvalue weighted by Crippen LogP contribution is -2.15. The first-order chi connectivity index (χ1) is 8.91. The van der Waals surface area contributed by atoms with Crippen LogP contribution in [-0.4, -0.2) is 25.2 Å². The molecule has 6 nitrogen and oxygen atoms in total. The van der Waals surface area contributed by atoms with Gasteiger partial charge in [0, 0.05) is 16.9 Å². The predicted octanol–water partition coefficient (Wildman–Crippen LogP) is 1.13. The Kier molecular flexibility index (Phi) is 4.93. The average molecular weight is 264 g/mol. The molecule has 0 spiro atoms. The zero-order chi connectivity index (χ0) is 14.4. The van der Waals surface area contributed by atoms with Gasteiger partial charge in [-0.25, -0.2) is 9.59 Å². The van der Waals surface area contributed by atoms with Gasteiger partial charge in [-0.3, -0.25) is 0 Å². The molecule has 0 aliphatic heterocycles. The summed E-state index contributed by atoms with van der Waals surface area (Å²) in [6.07, 6.45) is 0. The van der Waals surface area contributed by atoms with Crippen molar-refractivity contribution in [1.82, 2.24) is 0 Å². The highest BCUT2D eigenvalue weighted by atomic mass is 16.6. The number of rotatable bonds is 5. The Balaban J connectivity index is 2.43. The molecule has 0 aromatic heterocycles. The molecule has 0 fully saturated rings. The maximum atomic E-state index is 11.7. The Morgan fingerprint density at radius 1 is 1.21 bits per heavy atom. The van der Waals surface area contributed by atoms with Gasteiger partial charge in [-0.1, -0.05) is 6.58 Å². The number of anilines is 2. The third-order valence-corrected chi connectivity index (χ3v) is 2.19. The van der Waals surface area contributed by atoms with E-state index in [4.69, 9.17) is 20.9 Å². The largest absolute Gasteiger partial charge is 0.459 e. The standard InChI is InChI=1S/C13H16N2O4/c1-8(2)12(16)18-5-6-19-13(17)10-4-3-9(14)7-11(10)15/h3-4,7H,1,5-6,14-15H2,2H3. The van der Waals surface area contributed by atoms with E-state index >= 15 is 0 Å². The number of ether oxygens (including phenoxy) is 2. The van der Waals surface area contributed by atoms with Gasteiger partial charge in [-0.15, -0.1) is 0 Å². The van der Waals surface area contributed by atoms with Gasteiger partial charge >= 0.3 is 11.9 Å². The van der Waals surface area contributed by atoms with Gasteiger partial charge in [-0.05, 0) is 25.1 Å². The van der Waals surface area contributed by atoms with Crippen LogP contribution in [0.25, 0.3) is 0 Å². The van der Waals surface area contributed by atoms with Crippen LogP contribution < -0.4 is 11.5 Å². The smallest absolute Gasteiger partial charge is 0.340 e. The van der Waals surface area contributed by atoms with Crippen LogP contribution in [0, 0.1) is 0 Å². The molecular formula is C13H16N2O4. The van der Waals surface area contributed by atoms with Gasteiger partial charge in [0.15, 0.2) is 0 Å². The molecule has 4 N–H and O–H groups in total. The minimum absolute atomic E-state index is 0.0354. The van der Waals surface area contributed by atoms with Crippen molar-refractivity contribution in [2.24, 2.45) is 0 Å². The number of esters is 2. The second-order valence-electron chi connectivity index (χ2n) is 3.90. The average Bonchev–Trinajstić information content (AvgIpc) is 2.33. The van der Waals surface area contributed by atoms with Gasteiger partial charge in [-0.2, -0.15) is 0 Å². The molecule has 0 bridgehead atoms. The van der Waals surface area contributed by atoms with Crippen LogP contribution in [0.4, 0.5) is 11.4 Å². The maximum absolute atomic E-state index is 11.7. The Bertz CT molecular complexity index is 511. The number of nitrogens with two attached hydrogens (primary N) is 2. The van der Waals surface area contributed by atoms with Crippen LogP contribution in [0.15, 0.2) is 30.4 Å². The molecule has 0 aliphatic rings. The molecule has 1 aromatic rings. The molecule has 1 rings (SSSR count). The number of benzene rings is 1. The minimum Gasteiger partial charge on any atom is -0.459 e. The van der Waals surface area contributed by atoms with Crippen LogP contribution in [0.2, 0.25) is 0 Å². The van der Waals surface area contributed by atoms with Crippen molar-refractivity contribution in [2.45, 2.75) is 6.92 Å². The Hall–Kier alpha value is -2.50. The van der Waals surface area contributed by atoms with E-state index in [2.05, 4.69) is 6.58 Å². The second-order valence-corrected chi connectivity index (χ2v) is 3.90. The predicted molar refractivity (Wildman–Crippen MR) is 71.3 cm³/mol. The van der Waals surface area contributed by atoms with Crippen LogP contribution in [0.1, 0.15) is 17.3 Å². The lowest BCUT2D eigenvalue weighted by Gasteiger charge is -2.08. The first kappa shape index (κ1) is 14.6. The molecule has 1 aromatic carbocycles.